The fourth-order valence-electron chi connectivity index (χ4n) is 2.19. The van der Waals surface area contributed by atoms with E-state index in [1.54, 1.807) is 6.07 Å². The summed E-state index contributed by atoms with van der Waals surface area (Å²) in [6, 6.07) is 3.06. The molecule has 0 atom stereocenters. The number of benzene rings is 1. The highest BCUT2D eigenvalue weighted by molar-refractivity contribution is 9.10. The molecule has 0 amide bonds. The van der Waals surface area contributed by atoms with Crippen LogP contribution in [0, 0.1) is 12.7 Å². The van der Waals surface area contributed by atoms with Gasteiger partial charge < -0.3 is 5.73 Å². The summed E-state index contributed by atoms with van der Waals surface area (Å²) in [5.74, 6) is -0.0737. The predicted molar refractivity (Wildman–Crippen MR) is 72.6 cm³/mol. The second kappa shape index (κ2) is 4.26. The molecule has 2 N–H and O–H groups in total. The minimum Gasteiger partial charge on any atom is -0.398 e. The Balaban J connectivity index is 2.97. The average Bonchev–Trinajstić information content (AvgIpc) is 2.22. The van der Waals surface area contributed by atoms with Crippen molar-refractivity contribution in [3.63, 3.8) is 0 Å². The van der Waals surface area contributed by atoms with Gasteiger partial charge in [0.2, 0.25) is 0 Å². The van der Waals surface area contributed by atoms with Crippen molar-refractivity contribution in [2.45, 2.75) is 26.7 Å². The number of halogens is 2. The van der Waals surface area contributed by atoms with E-state index in [2.05, 4.69) is 34.8 Å². The van der Waals surface area contributed by atoms with Crippen LogP contribution in [0.25, 0.3) is 10.9 Å². The van der Waals surface area contributed by atoms with Crippen LogP contribution >= 0.6 is 15.9 Å². The lowest BCUT2D eigenvalue weighted by Gasteiger charge is -2.16. The number of aromatic nitrogens is 1. The van der Waals surface area contributed by atoms with Crippen LogP contribution in [0.1, 0.15) is 31.0 Å². The highest BCUT2D eigenvalue weighted by atomic mass is 79.9. The van der Waals surface area contributed by atoms with Gasteiger partial charge in [0, 0.05) is 21.2 Å². The third-order valence-electron chi connectivity index (χ3n) is 2.88. The SMILES string of the molecule is Cc1nc2c(F)ccc(Br)c2c(N)c1C(C)C. The number of fused-ring (bicyclic) bond motifs is 1. The predicted octanol–water partition coefficient (Wildman–Crippen LogP) is 4.15. The van der Waals surface area contributed by atoms with Gasteiger partial charge in [-0.1, -0.05) is 29.8 Å². The molecule has 0 fully saturated rings. The summed E-state index contributed by atoms with van der Waals surface area (Å²) in [5, 5.41) is 0.666. The lowest BCUT2D eigenvalue weighted by molar-refractivity contribution is 0.636. The molecule has 2 nitrogen and oxygen atoms in total. The van der Waals surface area contributed by atoms with Crippen LogP contribution in [0.5, 0.6) is 0 Å². The van der Waals surface area contributed by atoms with E-state index >= 15 is 0 Å². The summed E-state index contributed by atoms with van der Waals surface area (Å²) in [6.07, 6.45) is 0. The lowest BCUT2D eigenvalue weighted by atomic mass is 9.97. The number of aryl methyl sites for hydroxylation is 1. The van der Waals surface area contributed by atoms with Gasteiger partial charge in [-0.25, -0.2) is 9.37 Å². The van der Waals surface area contributed by atoms with Gasteiger partial charge in [0.1, 0.15) is 11.3 Å². The topological polar surface area (TPSA) is 38.9 Å². The maximum absolute atomic E-state index is 13.7. The standard InChI is InChI=1S/C13H14BrFN2/c1-6(2)10-7(3)17-13-9(15)5-4-8(14)11(13)12(10)16/h4-6H,1-3H3,(H2,16,17). The third-order valence-corrected chi connectivity index (χ3v) is 3.54. The van der Waals surface area contributed by atoms with E-state index in [-0.39, 0.29) is 11.7 Å². The first-order valence-electron chi connectivity index (χ1n) is 5.47. The second-order valence-corrected chi connectivity index (χ2v) is 5.29. The zero-order valence-corrected chi connectivity index (χ0v) is 11.6. The minimum atomic E-state index is -0.340. The van der Waals surface area contributed by atoms with Crippen molar-refractivity contribution < 1.29 is 4.39 Å². The summed E-state index contributed by atoms with van der Waals surface area (Å²) >= 11 is 3.40. The molecule has 0 bridgehead atoms. The number of pyridine rings is 1. The number of hydrogen-bond donors (Lipinski definition) is 1. The van der Waals surface area contributed by atoms with Gasteiger partial charge in [-0.15, -0.1) is 0 Å². The van der Waals surface area contributed by atoms with E-state index in [4.69, 9.17) is 5.73 Å². The molecule has 1 aromatic carbocycles. The molecule has 0 aliphatic carbocycles. The van der Waals surface area contributed by atoms with Gasteiger partial charge in [0.15, 0.2) is 0 Å². The maximum Gasteiger partial charge on any atom is 0.149 e. The molecule has 4 heteroatoms. The Morgan fingerprint density at radius 2 is 2.00 bits per heavy atom. The third kappa shape index (κ3) is 1.90. The van der Waals surface area contributed by atoms with Crippen LogP contribution in [-0.4, -0.2) is 4.98 Å². The van der Waals surface area contributed by atoms with Gasteiger partial charge in [-0.2, -0.15) is 0 Å². The fraction of sp³-hybridized carbons (Fsp3) is 0.308. The Kier molecular flexibility index (Phi) is 3.08. The first-order valence-corrected chi connectivity index (χ1v) is 6.26. The monoisotopic (exact) mass is 296 g/mol. The van der Waals surface area contributed by atoms with Crippen molar-refractivity contribution in [3.8, 4) is 0 Å². The highest BCUT2D eigenvalue weighted by Gasteiger charge is 2.17. The Morgan fingerprint density at radius 3 is 2.59 bits per heavy atom. The Morgan fingerprint density at radius 1 is 1.35 bits per heavy atom. The number of anilines is 1. The molecule has 0 aliphatic rings. The van der Waals surface area contributed by atoms with E-state index in [1.165, 1.54) is 6.07 Å². The molecule has 17 heavy (non-hydrogen) atoms. The van der Waals surface area contributed by atoms with Crippen LogP contribution in [0.2, 0.25) is 0 Å². The van der Waals surface area contributed by atoms with Crippen molar-refractivity contribution >= 4 is 32.5 Å². The van der Waals surface area contributed by atoms with E-state index in [0.29, 0.717) is 16.6 Å². The van der Waals surface area contributed by atoms with Crippen LogP contribution < -0.4 is 5.73 Å². The molecule has 0 unspecified atom stereocenters. The first kappa shape index (κ1) is 12.3. The van der Waals surface area contributed by atoms with Crippen molar-refractivity contribution in [2.24, 2.45) is 0 Å². The zero-order chi connectivity index (χ0) is 12.7. The van der Waals surface area contributed by atoms with Crippen LogP contribution in [0.3, 0.4) is 0 Å². The number of nitrogens with two attached hydrogens (primary N) is 1. The molecule has 1 aromatic heterocycles. The highest BCUT2D eigenvalue weighted by Crippen LogP contribution is 2.36. The largest absolute Gasteiger partial charge is 0.398 e. The molecule has 2 rings (SSSR count). The molecule has 0 saturated carbocycles. The average molecular weight is 297 g/mol. The van der Waals surface area contributed by atoms with Gasteiger partial charge in [-0.05, 0) is 30.5 Å². The zero-order valence-electron chi connectivity index (χ0n) is 10.0. The van der Waals surface area contributed by atoms with E-state index in [9.17, 15) is 4.39 Å². The molecule has 0 radical (unpaired) electrons. The van der Waals surface area contributed by atoms with E-state index in [1.807, 2.05) is 6.92 Å². The van der Waals surface area contributed by atoms with Crippen molar-refractivity contribution in [1.29, 1.82) is 0 Å². The van der Waals surface area contributed by atoms with Crippen LogP contribution in [0.4, 0.5) is 10.1 Å². The van der Waals surface area contributed by atoms with Gasteiger partial charge >= 0.3 is 0 Å². The molecule has 90 valence electrons. The quantitative estimate of drug-likeness (QED) is 0.858. The minimum absolute atomic E-state index is 0.266. The normalized spacial score (nSPS) is 11.4. The lowest BCUT2D eigenvalue weighted by Crippen LogP contribution is -2.04. The smallest absolute Gasteiger partial charge is 0.149 e. The molecule has 0 spiro atoms. The fourth-order valence-corrected chi connectivity index (χ4v) is 2.73. The van der Waals surface area contributed by atoms with E-state index in [0.717, 1.165) is 15.7 Å². The summed E-state index contributed by atoms with van der Waals surface area (Å²) in [5.41, 5.74) is 8.89. The van der Waals surface area contributed by atoms with Crippen molar-refractivity contribution in [2.75, 3.05) is 5.73 Å². The molecule has 2 aromatic rings. The van der Waals surface area contributed by atoms with Crippen molar-refractivity contribution in [1.82, 2.24) is 4.98 Å². The number of nitrogen functional groups attached to an aromatic ring is 1. The summed E-state index contributed by atoms with van der Waals surface area (Å²) < 4.78 is 14.5. The van der Waals surface area contributed by atoms with Crippen LogP contribution in [0.15, 0.2) is 16.6 Å². The second-order valence-electron chi connectivity index (χ2n) is 4.43. The summed E-state index contributed by atoms with van der Waals surface area (Å²) in [4.78, 5) is 4.33. The summed E-state index contributed by atoms with van der Waals surface area (Å²) in [6.45, 7) is 5.98. The molecular formula is C13H14BrFN2. The number of rotatable bonds is 1. The molecule has 0 aliphatic heterocycles. The Hall–Kier alpha value is -1.16. The van der Waals surface area contributed by atoms with Crippen molar-refractivity contribution in [3.05, 3.63) is 33.7 Å². The maximum atomic E-state index is 13.7. The Labute approximate surface area is 108 Å². The molecule has 0 saturated heterocycles. The number of hydrogen-bond acceptors (Lipinski definition) is 2. The molecule has 1 heterocycles. The van der Waals surface area contributed by atoms with E-state index < -0.39 is 0 Å². The van der Waals surface area contributed by atoms with Gasteiger partial charge in [-0.3, -0.25) is 0 Å². The Bertz CT molecular complexity index is 594. The van der Waals surface area contributed by atoms with Gasteiger partial charge in [0.25, 0.3) is 0 Å². The van der Waals surface area contributed by atoms with Gasteiger partial charge in [0.05, 0.1) is 0 Å². The van der Waals surface area contributed by atoms with Crippen LogP contribution in [-0.2, 0) is 0 Å². The number of nitrogens with zero attached hydrogens (tertiary/aromatic N) is 1. The first-order chi connectivity index (χ1) is 7.93. The molecular weight excluding hydrogens is 283 g/mol. The summed E-state index contributed by atoms with van der Waals surface area (Å²) in [7, 11) is 0.